The fourth-order valence-corrected chi connectivity index (χ4v) is 2.62. The van der Waals surface area contributed by atoms with Gasteiger partial charge in [-0.3, -0.25) is 14.6 Å². The Kier molecular flexibility index (Phi) is 8.42. The van der Waals surface area contributed by atoms with E-state index in [4.69, 9.17) is 0 Å². The zero-order chi connectivity index (χ0) is 19.5. The zero-order valence-corrected chi connectivity index (χ0v) is 16.1. The molecular formula is C21H28N4O2. The summed E-state index contributed by atoms with van der Waals surface area (Å²) in [5.41, 5.74) is 2.22. The molecule has 6 heteroatoms. The van der Waals surface area contributed by atoms with Crippen LogP contribution in [0.3, 0.4) is 0 Å². The third kappa shape index (κ3) is 7.17. The highest BCUT2D eigenvalue weighted by molar-refractivity contribution is 5.92. The van der Waals surface area contributed by atoms with Crippen molar-refractivity contribution in [2.45, 2.75) is 39.5 Å². The monoisotopic (exact) mass is 368 g/mol. The molecular weight excluding hydrogens is 340 g/mol. The van der Waals surface area contributed by atoms with Crippen molar-refractivity contribution in [2.24, 2.45) is 0 Å². The van der Waals surface area contributed by atoms with Crippen molar-refractivity contribution in [3.05, 3.63) is 59.7 Å². The van der Waals surface area contributed by atoms with E-state index < -0.39 is 0 Å². The number of rotatable bonds is 10. The van der Waals surface area contributed by atoms with Crippen LogP contribution in [0.4, 0.5) is 0 Å². The van der Waals surface area contributed by atoms with Crippen LogP contribution in [0.15, 0.2) is 42.7 Å². The summed E-state index contributed by atoms with van der Waals surface area (Å²) in [6.07, 6.45) is 6.08. The van der Waals surface area contributed by atoms with Gasteiger partial charge in [-0.15, -0.1) is 0 Å². The minimum atomic E-state index is -0.195. The maximum atomic E-state index is 12.8. The summed E-state index contributed by atoms with van der Waals surface area (Å²) in [7, 11) is 0. The largest absolute Gasteiger partial charge is 0.356 e. The van der Waals surface area contributed by atoms with E-state index in [9.17, 15) is 9.59 Å². The summed E-state index contributed by atoms with van der Waals surface area (Å²) in [6.45, 7) is 5.48. The number of aromatic nitrogens is 2. The van der Waals surface area contributed by atoms with E-state index in [1.54, 1.807) is 11.1 Å². The molecule has 6 nitrogen and oxygen atoms in total. The van der Waals surface area contributed by atoms with Gasteiger partial charge in [0.05, 0.1) is 11.9 Å². The molecule has 0 radical (unpaired) electrons. The molecule has 0 spiro atoms. The molecule has 2 rings (SSSR count). The molecule has 1 heterocycles. The summed E-state index contributed by atoms with van der Waals surface area (Å²) >= 11 is 0. The molecule has 2 amide bonds. The van der Waals surface area contributed by atoms with E-state index in [0.717, 1.165) is 30.5 Å². The maximum Gasteiger partial charge on any atom is 0.274 e. The molecule has 0 aliphatic carbocycles. The first-order chi connectivity index (χ1) is 13.1. The number of amides is 2. The Morgan fingerprint density at radius 1 is 1.07 bits per heavy atom. The number of nitrogens with zero attached hydrogens (tertiary/aromatic N) is 3. The first kappa shape index (κ1) is 20.6. The third-order valence-electron chi connectivity index (χ3n) is 4.26. The first-order valence-corrected chi connectivity index (χ1v) is 9.48. The molecule has 1 N–H and O–H groups in total. The molecule has 0 aliphatic rings. The Morgan fingerprint density at radius 2 is 1.85 bits per heavy atom. The van der Waals surface area contributed by atoms with Crippen LogP contribution in [0.25, 0.3) is 0 Å². The highest BCUT2D eigenvalue weighted by atomic mass is 16.2. The highest BCUT2D eigenvalue weighted by Crippen LogP contribution is 2.07. The molecule has 1 aromatic carbocycles. The van der Waals surface area contributed by atoms with Crippen LogP contribution < -0.4 is 5.32 Å². The van der Waals surface area contributed by atoms with Crippen LogP contribution in [0.2, 0.25) is 0 Å². The lowest BCUT2D eigenvalue weighted by Crippen LogP contribution is -2.37. The summed E-state index contributed by atoms with van der Waals surface area (Å²) in [5, 5.41) is 2.89. The Balaban J connectivity index is 1.99. The van der Waals surface area contributed by atoms with Crippen molar-refractivity contribution < 1.29 is 9.59 Å². The Labute approximate surface area is 161 Å². The summed E-state index contributed by atoms with van der Waals surface area (Å²) in [4.78, 5) is 34.9. The Hall–Kier alpha value is -2.76. The SMILES string of the molecule is CCCCNC(=O)CCN(CCc1ccccc1)C(=O)c1cnc(C)cn1. The Morgan fingerprint density at radius 3 is 2.52 bits per heavy atom. The summed E-state index contributed by atoms with van der Waals surface area (Å²) in [5.74, 6) is -0.226. The molecule has 0 saturated heterocycles. The number of hydrogen-bond acceptors (Lipinski definition) is 4. The van der Waals surface area contributed by atoms with Gasteiger partial charge in [0, 0.05) is 32.3 Å². The van der Waals surface area contributed by atoms with Gasteiger partial charge in [-0.2, -0.15) is 0 Å². The standard InChI is InChI=1S/C21H28N4O2/c1-3-4-12-22-20(26)11-14-25(13-10-18-8-6-5-7-9-18)21(27)19-16-23-17(2)15-24-19/h5-9,15-16H,3-4,10-14H2,1-2H3,(H,22,26). The lowest BCUT2D eigenvalue weighted by Gasteiger charge is -2.22. The predicted octanol–water partition coefficient (Wildman–Crippen LogP) is 2.78. The highest BCUT2D eigenvalue weighted by Gasteiger charge is 2.18. The summed E-state index contributed by atoms with van der Waals surface area (Å²) in [6, 6.07) is 9.99. The fraction of sp³-hybridized carbons (Fsp3) is 0.429. The average molecular weight is 368 g/mol. The van der Waals surface area contributed by atoms with Crippen LogP contribution in [0.1, 0.15) is 47.9 Å². The molecule has 0 saturated carbocycles. The van der Waals surface area contributed by atoms with Crippen molar-refractivity contribution in [2.75, 3.05) is 19.6 Å². The van der Waals surface area contributed by atoms with Crippen LogP contribution in [-0.4, -0.2) is 46.3 Å². The van der Waals surface area contributed by atoms with Gasteiger partial charge in [-0.1, -0.05) is 43.7 Å². The van der Waals surface area contributed by atoms with E-state index in [1.807, 2.05) is 37.3 Å². The van der Waals surface area contributed by atoms with Gasteiger partial charge >= 0.3 is 0 Å². The van der Waals surface area contributed by atoms with E-state index in [2.05, 4.69) is 22.2 Å². The van der Waals surface area contributed by atoms with Gasteiger partial charge in [-0.25, -0.2) is 4.98 Å². The predicted molar refractivity (Wildman–Crippen MR) is 105 cm³/mol. The lowest BCUT2D eigenvalue weighted by atomic mass is 10.1. The minimum Gasteiger partial charge on any atom is -0.356 e. The first-order valence-electron chi connectivity index (χ1n) is 9.48. The molecule has 144 valence electrons. The molecule has 0 atom stereocenters. The normalized spacial score (nSPS) is 10.4. The van der Waals surface area contributed by atoms with E-state index in [0.29, 0.717) is 25.3 Å². The van der Waals surface area contributed by atoms with Crippen molar-refractivity contribution in [1.29, 1.82) is 0 Å². The molecule has 0 unspecified atom stereocenters. The van der Waals surface area contributed by atoms with Gasteiger partial charge in [0.25, 0.3) is 5.91 Å². The van der Waals surface area contributed by atoms with Crippen LogP contribution in [0.5, 0.6) is 0 Å². The number of nitrogens with one attached hydrogen (secondary N) is 1. The van der Waals surface area contributed by atoms with E-state index >= 15 is 0 Å². The van der Waals surface area contributed by atoms with Crippen molar-refractivity contribution in [3.8, 4) is 0 Å². The zero-order valence-electron chi connectivity index (χ0n) is 16.1. The maximum absolute atomic E-state index is 12.8. The van der Waals surface area contributed by atoms with Crippen molar-refractivity contribution in [3.63, 3.8) is 0 Å². The van der Waals surface area contributed by atoms with Gasteiger partial charge < -0.3 is 10.2 Å². The third-order valence-corrected chi connectivity index (χ3v) is 4.26. The Bertz CT molecular complexity index is 717. The number of hydrogen-bond donors (Lipinski definition) is 1. The number of unbranched alkanes of at least 4 members (excludes halogenated alkanes) is 1. The molecule has 2 aromatic rings. The topological polar surface area (TPSA) is 75.2 Å². The molecule has 27 heavy (non-hydrogen) atoms. The van der Waals surface area contributed by atoms with Crippen LogP contribution in [-0.2, 0) is 11.2 Å². The second-order valence-electron chi connectivity index (χ2n) is 6.52. The average Bonchev–Trinajstić information content (AvgIpc) is 2.69. The van der Waals surface area contributed by atoms with Crippen molar-refractivity contribution in [1.82, 2.24) is 20.2 Å². The summed E-state index contributed by atoms with van der Waals surface area (Å²) < 4.78 is 0. The number of aryl methyl sites for hydroxylation is 1. The quantitative estimate of drug-likeness (QED) is 0.654. The van der Waals surface area contributed by atoms with Gasteiger partial charge in [0.15, 0.2) is 0 Å². The van der Waals surface area contributed by atoms with Gasteiger partial charge in [-0.05, 0) is 25.3 Å². The van der Waals surface area contributed by atoms with Crippen LogP contribution in [0, 0.1) is 6.92 Å². The smallest absolute Gasteiger partial charge is 0.274 e. The minimum absolute atomic E-state index is 0.0315. The van der Waals surface area contributed by atoms with Crippen molar-refractivity contribution >= 4 is 11.8 Å². The molecule has 1 aromatic heterocycles. The van der Waals surface area contributed by atoms with Gasteiger partial charge in [0.1, 0.15) is 5.69 Å². The fourth-order valence-electron chi connectivity index (χ4n) is 2.62. The number of benzene rings is 1. The second kappa shape index (κ2) is 11.1. The van der Waals surface area contributed by atoms with Crippen LogP contribution >= 0.6 is 0 Å². The molecule has 0 bridgehead atoms. The lowest BCUT2D eigenvalue weighted by molar-refractivity contribution is -0.121. The van der Waals surface area contributed by atoms with E-state index in [1.165, 1.54) is 6.20 Å². The number of carbonyl (C=O) groups is 2. The number of carbonyl (C=O) groups excluding carboxylic acids is 2. The molecule has 0 fully saturated rings. The van der Waals surface area contributed by atoms with Gasteiger partial charge in [0.2, 0.25) is 5.91 Å². The van der Waals surface area contributed by atoms with E-state index in [-0.39, 0.29) is 18.2 Å². The molecule has 0 aliphatic heterocycles. The second-order valence-corrected chi connectivity index (χ2v) is 6.52.